The van der Waals surface area contributed by atoms with Crippen molar-refractivity contribution in [2.75, 3.05) is 13.7 Å². The van der Waals surface area contributed by atoms with Gasteiger partial charge in [-0.15, -0.1) is 0 Å². The Morgan fingerprint density at radius 2 is 2.00 bits per heavy atom. The summed E-state index contributed by atoms with van der Waals surface area (Å²) in [4.78, 5) is 0. The lowest BCUT2D eigenvalue weighted by atomic mass is 9.70. The Bertz CT molecular complexity index is 462. The SMILES string of the molecule is CCNC(c1ccc(Cl)c(OC)c1)C1CCC(C)(C)CC1. The van der Waals surface area contributed by atoms with E-state index in [2.05, 4.69) is 38.2 Å². The summed E-state index contributed by atoms with van der Waals surface area (Å²) in [5, 5.41) is 4.35. The second kappa shape index (κ2) is 7.02. The molecule has 1 aliphatic carbocycles. The summed E-state index contributed by atoms with van der Waals surface area (Å²) < 4.78 is 5.37. The van der Waals surface area contributed by atoms with Crippen molar-refractivity contribution in [1.29, 1.82) is 0 Å². The highest BCUT2D eigenvalue weighted by atomic mass is 35.5. The highest BCUT2D eigenvalue weighted by Gasteiger charge is 2.31. The molecule has 0 heterocycles. The number of hydrogen-bond acceptors (Lipinski definition) is 2. The number of ether oxygens (including phenoxy) is 1. The number of methoxy groups -OCH3 is 1. The average Bonchev–Trinajstić information content (AvgIpc) is 2.46. The second-order valence-corrected chi connectivity index (χ2v) is 7.34. The maximum absolute atomic E-state index is 6.16. The molecule has 0 aliphatic heterocycles. The van der Waals surface area contributed by atoms with Gasteiger partial charge in [0.15, 0.2) is 0 Å². The minimum absolute atomic E-state index is 0.400. The molecule has 0 saturated heterocycles. The largest absolute Gasteiger partial charge is 0.495 e. The molecule has 1 aromatic carbocycles. The zero-order valence-electron chi connectivity index (χ0n) is 13.7. The number of halogens is 1. The Labute approximate surface area is 134 Å². The molecule has 0 radical (unpaired) electrons. The molecule has 0 aromatic heterocycles. The normalized spacial score (nSPS) is 20.2. The van der Waals surface area contributed by atoms with Crippen LogP contribution in [-0.4, -0.2) is 13.7 Å². The number of benzene rings is 1. The van der Waals surface area contributed by atoms with E-state index in [-0.39, 0.29) is 0 Å². The van der Waals surface area contributed by atoms with E-state index in [1.54, 1.807) is 7.11 Å². The first-order valence-corrected chi connectivity index (χ1v) is 8.41. The zero-order chi connectivity index (χ0) is 15.5. The Morgan fingerprint density at radius 3 is 2.57 bits per heavy atom. The fourth-order valence-corrected chi connectivity index (χ4v) is 3.60. The van der Waals surface area contributed by atoms with E-state index in [9.17, 15) is 0 Å². The van der Waals surface area contributed by atoms with Crippen molar-refractivity contribution >= 4 is 11.6 Å². The molecular formula is C18H28ClNO. The van der Waals surface area contributed by atoms with Crippen LogP contribution >= 0.6 is 11.6 Å². The van der Waals surface area contributed by atoms with Crippen LogP contribution in [0.3, 0.4) is 0 Å². The van der Waals surface area contributed by atoms with Crippen LogP contribution in [0.1, 0.15) is 58.1 Å². The molecular weight excluding hydrogens is 282 g/mol. The predicted octanol–water partition coefficient (Wildman–Crippen LogP) is 5.22. The van der Waals surface area contributed by atoms with Gasteiger partial charge in [0.25, 0.3) is 0 Å². The van der Waals surface area contributed by atoms with Gasteiger partial charge in [0, 0.05) is 6.04 Å². The molecule has 1 aromatic rings. The first-order chi connectivity index (χ1) is 9.96. The highest BCUT2D eigenvalue weighted by Crippen LogP contribution is 2.43. The molecule has 1 saturated carbocycles. The lowest BCUT2D eigenvalue weighted by Gasteiger charge is -2.38. The summed E-state index contributed by atoms with van der Waals surface area (Å²) in [7, 11) is 1.68. The molecule has 1 aliphatic rings. The average molecular weight is 310 g/mol. The fourth-order valence-electron chi connectivity index (χ4n) is 3.40. The third kappa shape index (κ3) is 4.14. The van der Waals surface area contributed by atoms with Gasteiger partial charge >= 0.3 is 0 Å². The lowest BCUT2D eigenvalue weighted by Crippen LogP contribution is -2.32. The van der Waals surface area contributed by atoms with Crippen molar-refractivity contribution in [3.8, 4) is 5.75 Å². The van der Waals surface area contributed by atoms with Crippen molar-refractivity contribution in [2.45, 2.75) is 52.5 Å². The Balaban J connectivity index is 2.19. The van der Waals surface area contributed by atoms with Crippen LogP contribution in [0.25, 0.3) is 0 Å². The zero-order valence-corrected chi connectivity index (χ0v) is 14.5. The molecule has 1 N–H and O–H groups in total. The number of rotatable bonds is 5. The molecule has 1 fully saturated rings. The van der Waals surface area contributed by atoms with Gasteiger partial charge in [-0.05, 0) is 61.3 Å². The van der Waals surface area contributed by atoms with Crippen LogP contribution in [0.4, 0.5) is 0 Å². The molecule has 2 nitrogen and oxygen atoms in total. The third-order valence-electron chi connectivity index (χ3n) is 4.81. The maximum atomic E-state index is 6.16. The Kier molecular flexibility index (Phi) is 5.56. The molecule has 0 amide bonds. The van der Waals surface area contributed by atoms with Gasteiger partial charge in [0.1, 0.15) is 5.75 Å². The number of hydrogen-bond donors (Lipinski definition) is 1. The van der Waals surface area contributed by atoms with Crippen molar-refractivity contribution in [3.63, 3.8) is 0 Å². The van der Waals surface area contributed by atoms with E-state index in [4.69, 9.17) is 16.3 Å². The Morgan fingerprint density at radius 1 is 1.33 bits per heavy atom. The van der Waals surface area contributed by atoms with Crippen LogP contribution in [0.2, 0.25) is 5.02 Å². The van der Waals surface area contributed by atoms with E-state index >= 15 is 0 Å². The topological polar surface area (TPSA) is 21.3 Å². The predicted molar refractivity (Wildman–Crippen MR) is 90.2 cm³/mol. The lowest BCUT2D eigenvalue weighted by molar-refractivity contribution is 0.162. The standard InChI is InChI=1S/C18H28ClNO/c1-5-20-17(13-8-10-18(2,3)11-9-13)14-6-7-15(19)16(12-14)21-4/h6-7,12-13,17,20H,5,8-11H2,1-4H3. The maximum Gasteiger partial charge on any atom is 0.137 e. The molecule has 118 valence electrons. The van der Waals surface area contributed by atoms with Crippen molar-refractivity contribution in [1.82, 2.24) is 5.32 Å². The summed E-state index contributed by atoms with van der Waals surface area (Å²) in [5.41, 5.74) is 1.80. The Hall–Kier alpha value is -0.730. The van der Waals surface area contributed by atoms with Crippen LogP contribution < -0.4 is 10.1 Å². The fraction of sp³-hybridized carbons (Fsp3) is 0.667. The first kappa shape index (κ1) is 16.6. The van der Waals surface area contributed by atoms with Crippen molar-refractivity contribution in [3.05, 3.63) is 28.8 Å². The van der Waals surface area contributed by atoms with E-state index in [1.165, 1.54) is 31.2 Å². The van der Waals surface area contributed by atoms with Crippen LogP contribution in [0, 0.1) is 11.3 Å². The van der Waals surface area contributed by atoms with Gasteiger partial charge < -0.3 is 10.1 Å². The van der Waals surface area contributed by atoms with Crippen LogP contribution in [0.15, 0.2) is 18.2 Å². The highest BCUT2D eigenvalue weighted by molar-refractivity contribution is 6.32. The minimum atomic E-state index is 0.400. The van der Waals surface area contributed by atoms with Gasteiger partial charge in [-0.2, -0.15) is 0 Å². The summed E-state index contributed by atoms with van der Waals surface area (Å²) in [6.07, 6.45) is 5.19. The van der Waals surface area contributed by atoms with Gasteiger partial charge in [-0.25, -0.2) is 0 Å². The van der Waals surface area contributed by atoms with Crippen molar-refractivity contribution in [2.24, 2.45) is 11.3 Å². The quantitative estimate of drug-likeness (QED) is 0.805. The van der Waals surface area contributed by atoms with E-state index in [1.807, 2.05) is 6.07 Å². The molecule has 1 unspecified atom stereocenters. The summed E-state index contributed by atoms with van der Waals surface area (Å²) in [6, 6.07) is 6.58. The molecule has 1 atom stereocenters. The molecule has 0 spiro atoms. The van der Waals surface area contributed by atoms with Gasteiger partial charge in [0.2, 0.25) is 0 Å². The third-order valence-corrected chi connectivity index (χ3v) is 5.13. The first-order valence-electron chi connectivity index (χ1n) is 8.03. The van der Waals surface area contributed by atoms with Crippen molar-refractivity contribution < 1.29 is 4.74 Å². The van der Waals surface area contributed by atoms with Gasteiger partial charge in [0.05, 0.1) is 12.1 Å². The summed E-state index contributed by atoms with van der Waals surface area (Å²) >= 11 is 6.16. The minimum Gasteiger partial charge on any atom is -0.495 e. The van der Waals surface area contributed by atoms with E-state index < -0.39 is 0 Å². The van der Waals surface area contributed by atoms with Gasteiger partial charge in [-0.1, -0.05) is 38.4 Å². The van der Waals surface area contributed by atoms with Gasteiger partial charge in [-0.3, -0.25) is 0 Å². The smallest absolute Gasteiger partial charge is 0.137 e. The summed E-state index contributed by atoms with van der Waals surface area (Å²) in [6.45, 7) is 7.93. The monoisotopic (exact) mass is 309 g/mol. The molecule has 21 heavy (non-hydrogen) atoms. The van der Waals surface area contributed by atoms with Crippen LogP contribution in [-0.2, 0) is 0 Å². The second-order valence-electron chi connectivity index (χ2n) is 6.93. The number of nitrogens with one attached hydrogen (secondary N) is 1. The van der Waals surface area contributed by atoms with E-state index in [0.29, 0.717) is 22.4 Å². The molecule has 3 heteroatoms. The summed E-state index contributed by atoms with van der Waals surface area (Å²) in [5.74, 6) is 1.47. The molecule has 0 bridgehead atoms. The van der Waals surface area contributed by atoms with Crippen LogP contribution in [0.5, 0.6) is 5.75 Å². The van der Waals surface area contributed by atoms with E-state index in [0.717, 1.165) is 12.3 Å². The molecule has 2 rings (SSSR count).